The average Bonchev–Trinajstić information content (AvgIpc) is 2.34. The Morgan fingerprint density at radius 3 is 2.85 bits per heavy atom. The van der Waals surface area contributed by atoms with Gasteiger partial charge in [0.2, 0.25) is 0 Å². The minimum atomic E-state index is -0.401. The molecule has 0 aromatic carbocycles. The van der Waals surface area contributed by atoms with Crippen molar-refractivity contribution in [2.75, 3.05) is 7.11 Å². The standard InChI is InChI=1S/C10H16O3/c1-9(12-3)5-4-7-6-10(9,2)13-8(7)11/h7H,4-6H2,1-3H3. The first-order chi connectivity index (χ1) is 6.01. The molecule has 2 aliphatic rings. The smallest absolute Gasteiger partial charge is 0.309 e. The quantitative estimate of drug-likeness (QED) is 0.579. The van der Waals surface area contributed by atoms with Crippen LogP contribution in [0.25, 0.3) is 0 Å². The molecule has 1 saturated carbocycles. The summed E-state index contributed by atoms with van der Waals surface area (Å²) in [5, 5.41) is 0. The highest BCUT2D eigenvalue weighted by atomic mass is 16.6. The Morgan fingerprint density at radius 2 is 2.23 bits per heavy atom. The molecule has 0 spiro atoms. The molecule has 3 unspecified atom stereocenters. The lowest BCUT2D eigenvalue weighted by Crippen LogP contribution is -2.52. The Balaban J connectivity index is 2.32. The first-order valence-electron chi connectivity index (χ1n) is 4.79. The minimum Gasteiger partial charge on any atom is -0.456 e. The fourth-order valence-corrected chi connectivity index (χ4v) is 2.48. The summed E-state index contributed by atoms with van der Waals surface area (Å²) in [5.74, 6) is 0.0801. The Bertz CT molecular complexity index is 251. The first kappa shape index (κ1) is 9.00. The van der Waals surface area contributed by atoms with E-state index in [2.05, 4.69) is 0 Å². The molecule has 3 nitrogen and oxygen atoms in total. The van der Waals surface area contributed by atoms with Crippen LogP contribution in [-0.2, 0) is 14.3 Å². The fraction of sp³-hybridized carbons (Fsp3) is 0.900. The highest BCUT2D eigenvalue weighted by molar-refractivity contribution is 5.76. The van der Waals surface area contributed by atoms with Crippen LogP contribution in [0.1, 0.15) is 33.1 Å². The van der Waals surface area contributed by atoms with Gasteiger partial charge in [-0.05, 0) is 26.7 Å². The third-order valence-corrected chi connectivity index (χ3v) is 3.83. The molecule has 1 saturated heterocycles. The van der Waals surface area contributed by atoms with Crippen LogP contribution >= 0.6 is 0 Å². The maximum absolute atomic E-state index is 11.4. The second-order valence-corrected chi connectivity index (χ2v) is 4.53. The molecule has 0 aromatic rings. The maximum atomic E-state index is 11.4. The highest BCUT2D eigenvalue weighted by Gasteiger charge is 2.58. The van der Waals surface area contributed by atoms with Gasteiger partial charge < -0.3 is 9.47 Å². The fourth-order valence-electron chi connectivity index (χ4n) is 2.48. The second kappa shape index (κ2) is 2.47. The van der Waals surface area contributed by atoms with Crippen molar-refractivity contribution in [2.24, 2.45) is 5.92 Å². The predicted molar refractivity (Wildman–Crippen MR) is 47.3 cm³/mol. The van der Waals surface area contributed by atoms with Crippen LogP contribution in [0, 0.1) is 5.92 Å². The van der Waals surface area contributed by atoms with Crippen molar-refractivity contribution in [3.63, 3.8) is 0 Å². The number of esters is 1. The number of methoxy groups -OCH3 is 1. The van der Waals surface area contributed by atoms with E-state index in [1.165, 1.54) is 0 Å². The number of fused-ring (bicyclic) bond motifs is 2. The predicted octanol–water partition coefficient (Wildman–Crippen LogP) is 1.51. The molecule has 3 atom stereocenters. The van der Waals surface area contributed by atoms with Gasteiger partial charge in [-0.2, -0.15) is 0 Å². The van der Waals surface area contributed by atoms with E-state index in [1.54, 1.807) is 7.11 Å². The van der Waals surface area contributed by atoms with Gasteiger partial charge in [-0.1, -0.05) is 0 Å². The van der Waals surface area contributed by atoms with E-state index in [4.69, 9.17) is 9.47 Å². The van der Waals surface area contributed by atoms with Crippen LogP contribution in [0.3, 0.4) is 0 Å². The number of rotatable bonds is 1. The van der Waals surface area contributed by atoms with Crippen LogP contribution in [0.15, 0.2) is 0 Å². The monoisotopic (exact) mass is 184 g/mol. The summed E-state index contributed by atoms with van der Waals surface area (Å²) in [5.41, 5.74) is -0.697. The summed E-state index contributed by atoms with van der Waals surface area (Å²) < 4.78 is 10.9. The van der Waals surface area contributed by atoms with Crippen molar-refractivity contribution in [2.45, 2.75) is 44.3 Å². The van der Waals surface area contributed by atoms with Crippen molar-refractivity contribution in [1.29, 1.82) is 0 Å². The van der Waals surface area contributed by atoms with Crippen LogP contribution < -0.4 is 0 Å². The van der Waals surface area contributed by atoms with E-state index in [0.29, 0.717) is 0 Å². The molecule has 2 rings (SSSR count). The van der Waals surface area contributed by atoms with E-state index in [0.717, 1.165) is 19.3 Å². The molecular formula is C10H16O3. The molecule has 0 N–H and O–H groups in total. The topological polar surface area (TPSA) is 35.5 Å². The van der Waals surface area contributed by atoms with Crippen molar-refractivity contribution < 1.29 is 14.3 Å². The van der Waals surface area contributed by atoms with Gasteiger partial charge in [0.25, 0.3) is 0 Å². The lowest BCUT2D eigenvalue weighted by Gasteiger charge is -2.43. The number of carbonyl (C=O) groups is 1. The Kier molecular flexibility index (Phi) is 1.71. The third-order valence-electron chi connectivity index (χ3n) is 3.83. The van der Waals surface area contributed by atoms with Crippen molar-refractivity contribution in [3.8, 4) is 0 Å². The summed E-state index contributed by atoms with van der Waals surface area (Å²) in [6, 6.07) is 0. The lowest BCUT2D eigenvalue weighted by molar-refractivity contribution is -0.178. The summed E-state index contributed by atoms with van der Waals surface area (Å²) >= 11 is 0. The molecule has 1 aliphatic carbocycles. The normalized spacial score (nSPS) is 49.2. The lowest BCUT2D eigenvalue weighted by atomic mass is 9.71. The molecule has 0 aromatic heterocycles. The number of hydrogen-bond donors (Lipinski definition) is 0. The van der Waals surface area contributed by atoms with Crippen LogP contribution in [-0.4, -0.2) is 24.3 Å². The average molecular weight is 184 g/mol. The van der Waals surface area contributed by atoms with Gasteiger partial charge in [-0.3, -0.25) is 4.79 Å². The zero-order chi connectivity index (χ0) is 9.69. The van der Waals surface area contributed by atoms with Gasteiger partial charge in [0.1, 0.15) is 11.2 Å². The molecule has 2 bridgehead atoms. The largest absolute Gasteiger partial charge is 0.456 e. The zero-order valence-electron chi connectivity index (χ0n) is 8.42. The van der Waals surface area contributed by atoms with E-state index in [-0.39, 0.29) is 17.5 Å². The molecular weight excluding hydrogens is 168 g/mol. The van der Waals surface area contributed by atoms with Crippen LogP contribution in [0.5, 0.6) is 0 Å². The minimum absolute atomic E-state index is 0.0386. The van der Waals surface area contributed by atoms with Crippen molar-refractivity contribution in [1.82, 2.24) is 0 Å². The molecule has 74 valence electrons. The molecule has 3 heteroatoms. The van der Waals surface area contributed by atoms with Crippen LogP contribution in [0.2, 0.25) is 0 Å². The maximum Gasteiger partial charge on any atom is 0.309 e. The Hall–Kier alpha value is -0.570. The van der Waals surface area contributed by atoms with Gasteiger partial charge in [0, 0.05) is 13.5 Å². The van der Waals surface area contributed by atoms with E-state index in [9.17, 15) is 4.79 Å². The van der Waals surface area contributed by atoms with E-state index >= 15 is 0 Å². The summed E-state index contributed by atoms with van der Waals surface area (Å²) in [7, 11) is 1.69. The summed E-state index contributed by atoms with van der Waals surface area (Å²) in [6.07, 6.45) is 2.63. The third kappa shape index (κ3) is 1.03. The summed E-state index contributed by atoms with van der Waals surface area (Å²) in [4.78, 5) is 11.4. The van der Waals surface area contributed by atoms with Gasteiger partial charge in [-0.15, -0.1) is 0 Å². The number of hydrogen-bond acceptors (Lipinski definition) is 3. The second-order valence-electron chi connectivity index (χ2n) is 4.53. The number of ether oxygens (including phenoxy) is 2. The van der Waals surface area contributed by atoms with Gasteiger partial charge in [0.05, 0.1) is 5.92 Å². The molecule has 0 radical (unpaired) electrons. The molecule has 1 heterocycles. The number of carbonyl (C=O) groups excluding carboxylic acids is 1. The van der Waals surface area contributed by atoms with Crippen LogP contribution in [0.4, 0.5) is 0 Å². The highest BCUT2D eigenvalue weighted by Crippen LogP contribution is 2.49. The van der Waals surface area contributed by atoms with Gasteiger partial charge in [0.15, 0.2) is 0 Å². The molecule has 13 heavy (non-hydrogen) atoms. The van der Waals surface area contributed by atoms with E-state index in [1.807, 2.05) is 13.8 Å². The van der Waals surface area contributed by atoms with Gasteiger partial charge in [-0.25, -0.2) is 0 Å². The SMILES string of the molecule is COC1(C)CCC2CC1(C)OC2=O. The Labute approximate surface area is 78.4 Å². The zero-order valence-corrected chi connectivity index (χ0v) is 8.42. The van der Waals surface area contributed by atoms with E-state index < -0.39 is 5.60 Å². The first-order valence-corrected chi connectivity index (χ1v) is 4.79. The van der Waals surface area contributed by atoms with Crippen molar-refractivity contribution >= 4 is 5.97 Å². The molecule has 0 amide bonds. The Morgan fingerprint density at radius 1 is 1.54 bits per heavy atom. The van der Waals surface area contributed by atoms with Crippen molar-refractivity contribution in [3.05, 3.63) is 0 Å². The van der Waals surface area contributed by atoms with Gasteiger partial charge >= 0.3 is 5.97 Å². The summed E-state index contributed by atoms with van der Waals surface area (Å²) in [6.45, 7) is 4.01. The molecule has 2 fully saturated rings. The molecule has 1 aliphatic heterocycles.